The van der Waals surface area contributed by atoms with Crippen molar-refractivity contribution in [1.29, 1.82) is 0 Å². The van der Waals surface area contributed by atoms with Crippen LogP contribution in [0.25, 0.3) is 22.4 Å². The van der Waals surface area contributed by atoms with E-state index in [0.29, 0.717) is 17.1 Å². The number of carbonyl (C=O) groups excluding carboxylic acids is 1. The molecule has 0 unspecified atom stereocenters. The third kappa shape index (κ3) is 2.58. The SMILES string of the molecule is CC(=O)Oc1c(C)cccc1-c1nnc2ccccc2n1. The van der Waals surface area contributed by atoms with Crippen molar-refractivity contribution in [2.24, 2.45) is 0 Å². The number of aromatic nitrogens is 3. The van der Waals surface area contributed by atoms with Crippen LogP contribution in [-0.2, 0) is 4.79 Å². The largest absolute Gasteiger partial charge is 0.426 e. The van der Waals surface area contributed by atoms with Crippen LogP contribution in [0.5, 0.6) is 5.75 Å². The number of fused-ring (bicyclic) bond motifs is 1. The normalized spacial score (nSPS) is 10.6. The van der Waals surface area contributed by atoms with E-state index >= 15 is 0 Å². The van der Waals surface area contributed by atoms with Gasteiger partial charge >= 0.3 is 5.97 Å². The Morgan fingerprint density at radius 1 is 1.00 bits per heavy atom. The lowest BCUT2D eigenvalue weighted by molar-refractivity contribution is -0.131. The van der Waals surface area contributed by atoms with E-state index in [-0.39, 0.29) is 5.97 Å². The highest BCUT2D eigenvalue weighted by atomic mass is 16.5. The highest BCUT2D eigenvalue weighted by molar-refractivity contribution is 5.79. The molecule has 5 heteroatoms. The summed E-state index contributed by atoms with van der Waals surface area (Å²) in [6.45, 7) is 3.24. The van der Waals surface area contributed by atoms with Gasteiger partial charge in [0, 0.05) is 6.92 Å². The Morgan fingerprint density at radius 3 is 2.52 bits per heavy atom. The third-order valence-electron chi connectivity index (χ3n) is 3.06. The van der Waals surface area contributed by atoms with Crippen molar-refractivity contribution in [3.63, 3.8) is 0 Å². The molecule has 3 aromatic rings. The summed E-state index contributed by atoms with van der Waals surface area (Å²) in [6.07, 6.45) is 0. The molecular weight excluding hydrogens is 266 g/mol. The van der Waals surface area contributed by atoms with Gasteiger partial charge in [0.05, 0.1) is 11.1 Å². The number of nitrogens with zero attached hydrogens (tertiary/aromatic N) is 3. The molecule has 0 atom stereocenters. The van der Waals surface area contributed by atoms with Crippen molar-refractivity contribution in [2.75, 3.05) is 0 Å². The van der Waals surface area contributed by atoms with Crippen LogP contribution in [0, 0.1) is 6.92 Å². The molecule has 0 saturated carbocycles. The van der Waals surface area contributed by atoms with E-state index in [9.17, 15) is 4.79 Å². The van der Waals surface area contributed by atoms with Gasteiger partial charge in [-0.1, -0.05) is 24.3 Å². The Bertz CT molecular complexity index is 831. The number of hydrogen-bond donors (Lipinski definition) is 0. The zero-order chi connectivity index (χ0) is 14.8. The fourth-order valence-electron chi connectivity index (χ4n) is 2.10. The van der Waals surface area contributed by atoms with Crippen molar-refractivity contribution in [2.45, 2.75) is 13.8 Å². The van der Waals surface area contributed by atoms with E-state index in [1.807, 2.05) is 49.4 Å². The van der Waals surface area contributed by atoms with E-state index in [2.05, 4.69) is 15.2 Å². The van der Waals surface area contributed by atoms with Gasteiger partial charge in [-0.15, -0.1) is 10.2 Å². The van der Waals surface area contributed by atoms with E-state index < -0.39 is 0 Å². The minimum Gasteiger partial charge on any atom is -0.426 e. The van der Waals surface area contributed by atoms with Gasteiger partial charge in [0.25, 0.3) is 0 Å². The van der Waals surface area contributed by atoms with Crippen LogP contribution >= 0.6 is 0 Å². The van der Waals surface area contributed by atoms with Crippen LogP contribution in [0.3, 0.4) is 0 Å². The van der Waals surface area contributed by atoms with E-state index in [4.69, 9.17) is 4.74 Å². The zero-order valence-corrected chi connectivity index (χ0v) is 11.7. The maximum Gasteiger partial charge on any atom is 0.308 e. The van der Waals surface area contributed by atoms with Crippen molar-refractivity contribution >= 4 is 17.0 Å². The Hall–Kier alpha value is -2.82. The monoisotopic (exact) mass is 279 g/mol. The topological polar surface area (TPSA) is 65.0 Å². The molecule has 0 aliphatic heterocycles. The van der Waals surface area contributed by atoms with E-state index in [1.54, 1.807) is 0 Å². The van der Waals surface area contributed by atoms with Gasteiger partial charge in [-0.3, -0.25) is 4.79 Å². The van der Waals surface area contributed by atoms with Crippen molar-refractivity contribution in [1.82, 2.24) is 15.2 Å². The molecule has 0 spiro atoms. The summed E-state index contributed by atoms with van der Waals surface area (Å²) in [6, 6.07) is 13.1. The Kier molecular flexibility index (Phi) is 3.31. The van der Waals surface area contributed by atoms with Crippen LogP contribution in [0.4, 0.5) is 0 Å². The van der Waals surface area contributed by atoms with Gasteiger partial charge < -0.3 is 4.74 Å². The van der Waals surface area contributed by atoms with Crippen LogP contribution in [0.2, 0.25) is 0 Å². The second-order valence-electron chi connectivity index (χ2n) is 4.67. The molecule has 5 nitrogen and oxygen atoms in total. The van der Waals surface area contributed by atoms with Gasteiger partial charge in [-0.2, -0.15) is 0 Å². The predicted molar refractivity (Wildman–Crippen MR) is 78.8 cm³/mol. The summed E-state index contributed by atoms with van der Waals surface area (Å²) in [5, 5.41) is 8.29. The van der Waals surface area contributed by atoms with Crippen molar-refractivity contribution in [3.8, 4) is 17.1 Å². The summed E-state index contributed by atoms with van der Waals surface area (Å²) in [5.74, 6) is 0.537. The van der Waals surface area contributed by atoms with Gasteiger partial charge in [0.2, 0.25) is 0 Å². The first-order valence-electron chi connectivity index (χ1n) is 6.53. The van der Waals surface area contributed by atoms with E-state index in [1.165, 1.54) is 6.92 Å². The molecule has 2 aromatic carbocycles. The Morgan fingerprint density at radius 2 is 1.76 bits per heavy atom. The number of esters is 1. The van der Waals surface area contributed by atoms with Crippen LogP contribution in [0.1, 0.15) is 12.5 Å². The number of ether oxygens (including phenoxy) is 1. The number of aryl methyl sites for hydroxylation is 1. The van der Waals surface area contributed by atoms with Crippen LogP contribution < -0.4 is 4.74 Å². The summed E-state index contributed by atoms with van der Waals surface area (Å²) in [5.41, 5.74) is 2.98. The molecule has 1 aromatic heterocycles. The molecule has 0 fully saturated rings. The molecule has 3 rings (SSSR count). The average molecular weight is 279 g/mol. The fraction of sp³-hybridized carbons (Fsp3) is 0.125. The lowest BCUT2D eigenvalue weighted by Gasteiger charge is -2.10. The molecule has 0 amide bonds. The lowest BCUT2D eigenvalue weighted by Crippen LogP contribution is -2.05. The summed E-state index contributed by atoms with van der Waals surface area (Å²) >= 11 is 0. The quantitative estimate of drug-likeness (QED) is 0.533. The fourth-order valence-corrected chi connectivity index (χ4v) is 2.10. The van der Waals surface area contributed by atoms with Gasteiger partial charge in [0.1, 0.15) is 11.3 Å². The molecule has 21 heavy (non-hydrogen) atoms. The second-order valence-corrected chi connectivity index (χ2v) is 4.67. The van der Waals surface area contributed by atoms with Crippen LogP contribution in [-0.4, -0.2) is 21.2 Å². The minimum atomic E-state index is -0.376. The Labute approximate surface area is 121 Å². The van der Waals surface area contributed by atoms with Crippen molar-refractivity contribution < 1.29 is 9.53 Å². The molecule has 0 radical (unpaired) electrons. The number of carbonyl (C=O) groups is 1. The molecular formula is C16H13N3O2. The van der Waals surface area contributed by atoms with Gasteiger partial charge in [-0.05, 0) is 30.7 Å². The first kappa shape index (κ1) is 13.2. The lowest BCUT2D eigenvalue weighted by atomic mass is 10.1. The summed E-state index contributed by atoms with van der Waals surface area (Å²) < 4.78 is 5.30. The molecule has 0 bridgehead atoms. The summed E-state index contributed by atoms with van der Waals surface area (Å²) in [4.78, 5) is 15.8. The highest BCUT2D eigenvalue weighted by Crippen LogP contribution is 2.31. The maximum atomic E-state index is 11.3. The highest BCUT2D eigenvalue weighted by Gasteiger charge is 2.14. The van der Waals surface area contributed by atoms with Crippen LogP contribution in [0.15, 0.2) is 42.5 Å². The van der Waals surface area contributed by atoms with Gasteiger partial charge in [-0.25, -0.2) is 4.98 Å². The second kappa shape index (κ2) is 5.28. The molecule has 0 aliphatic carbocycles. The molecule has 0 N–H and O–H groups in total. The number of hydrogen-bond acceptors (Lipinski definition) is 5. The van der Waals surface area contributed by atoms with Gasteiger partial charge in [0.15, 0.2) is 5.82 Å². The minimum absolute atomic E-state index is 0.376. The molecule has 0 saturated heterocycles. The average Bonchev–Trinajstić information content (AvgIpc) is 2.48. The molecule has 104 valence electrons. The number of benzene rings is 2. The molecule has 1 heterocycles. The standard InChI is InChI=1S/C16H13N3O2/c1-10-6-5-7-12(15(10)21-11(2)20)16-17-13-8-3-4-9-14(13)18-19-16/h3-9H,1-2H3. The first-order valence-corrected chi connectivity index (χ1v) is 6.53. The van der Waals surface area contributed by atoms with Crippen molar-refractivity contribution in [3.05, 3.63) is 48.0 Å². The molecule has 0 aliphatic rings. The first-order chi connectivity index (χ1) is 10.1. The zero-order valence-electron chi connectivity index (χ0n) is 11.7. The third-order valence-corrected chi connectivity index (χ3v) is 3.06. The number of rotatable bonds is 2. The summed E-state index contributed by atoms with van der Waals surface area (Å²) in [7, 11) is 0. The number of para-hydroxylation sites is 2. The Balaban J connectivity index is 2.17. The predicted octanol–water partition coefficient (Wildman–Crippen LogP) is 2.93. The van der Waals surface area contributed by atoms with E-state index in [0.717, 1.165) is 16.6 Å². The maximum absolute atomic E-state index is 11.3. The smallest absolute Gasteiger partial charge is 0.308 e.